The van der Waals surface area contributed by atoms with Gasteiger partial charge in [0.25, 0.3) is 0 Å². The minimum absolute atomic E-state index is 0. The third-order valence-corrected chi connectivity index (χ3v) is 8.14. The number of hydrogen-bond donors (Lipinski definition) is 2. The van der Waals surface area contributed by atoms with Gasteiger partial charge in [0.05, 0.1) is 18.6 Å². The first-order valence-electron chi connectivity index (χ1n) is 12.7. The molecule has 0 aromatic rings. The van der Waals surface area contributed by atoms with E-state index in [0.717, 1.165) is 38.5 Å². The fraction of sp³-hybridized carbons (Fsp3) is 0.808. The van der Waals surface area contributed by atoms with Crippen LogP contribution in [0.3, 0.4) is 0 Å². The second-order valence-electron chi connectivity index (χ2n) is 10.8. The van der Waals surface area contributed by atoms with Crippen LogP contribution in [0.25, 0.3) is 0 Å². The molecule has 2 heterocycles. The summed E-state index contributed by atoms with van der Waals surface area (Å²) in [5.74, 6) is -0.0126. The Labute approximate surface area is 221 Å². The van der Waals surface area contributed by atoms with Crippen LogP contribution in [0.5, 0.6) is 0 Å². The largest absolute Gasteiger partial charge is 0.443 e. The molecule has 197 valence electrons. The Bertz CT molecular complexity index is 791. The minimum atomic E-state index is -0.397. The molecule has 1 radical (unpaired) electrons. The zero-order chi connectivity index (χ0) is 24.5. The van der Waals surface area contributed by atoms with Gasteiger partial charge in [-0.3, -0.25) is 4.79 Å². The Morgan fingerprint density at radius 1 is 1.11 bits per heavy atom. The van der Waals surface area contributed by atoms with Crippen molar-refractivity contribution in [2.75, 3.05) is 13.7 Å². The standard InChI is InChI=1S/C26H41N2O6.V/c1-6-21(29)27-17-8-10-18(11-9-17)28-24(30)33-19-13-14-26(15-32-26)23(22(19)31-5)25(4)20(34-25)12-7-16(2)3;/h7,17-20,22-23H,1,6,8-15H2,2-5H3,(H,27,29)(H,28,30);/q-1;/t17?,18?,19?,20-,22?,23?,25+,26+;/m1./s1. The van der Waals surface area contributed by atoms with Gasteiger partial charge in [-0.2, -0.15) is 0 Å². The van der Waals surface area contributed by atoms with Crippen molar-refractivity contribution >= 4 is 12.0 Å². The van der Waals surface area contributed by atoms with Crippen molar-refractivity contribution in [3.05, 3.63) is 18.6 Å². The van der Waals surface area contributed by atoms with Gasteiger partial charge in [-0.25, -0.2) is 4.79 Å². The van der Waals surface area contributed by atoms with E-state index in [1.54, 1.807) is 7.11 Å². The summed E-state index contributed by atoms with van der Waals surface area (Å²) in [5, 5.41) is 6.02. The maximum absolute atomic E-state index is 12.8. The maximum atomic E-state index is 12.8. The molecule has 8 nitrogen and oxygen atoms in total. The summed E-state index contributed by atoms with van der Waals surface area (Å²) in [7, 11) is 1.69. The number of methoxy groups -OCH3 is 1. The molecule has 6 atom stereocenters. The second-order valence-corrected chi connectivity index (χ2v) is 10.8. The van der Waals surface area contributed by atoms with E-state index >= 15 is 0 Å². The third kappa shape index (κ3) is 6.45. The van der Waals surface area contributed by atoms with E-state index in [2.05, 4.69) is 44.4 Å². The number of amides is 2. The van der Waals surface area contributed by atoms with Gasteiger partial charge in [-0.1, -0.05) is 11.6 Å². The summed E-state index contributed by atoms with van der Waals surface area (Å²) < 4.78 is 24.1. The number of carbonyl (C=O) groups is 2. The van der Waals surface area contributed by atoms with Crippen LogP contribution in [0.1, 0.15) is 72.1 Å². The van der Waals surface area contributed by atoms with E-state index in [1.165, 1.54) is 5.57 Å². The summed E-state index contributed by atoms with van der Waals surface area (Å²) in [6.45, 7) is 10.7. The average molecular weight is 529 g/mol. The predicted octanol–water partition coefficient (Wildman–Crippen LogP) is 3.44. The first kappa shape index (κ1) is 28.5. The first-order chi connectivity index (χ1) is 16.2. The number of rotatable bonds is 8. The summed E-state index contributed by atoms with van der Waals surface area (Å²) in [4.78, 5) is 24.4. The molecular weight excluding hydrogens is 487 g/mol. The van der Waals surface area contributed by atoms with Crippen LogP contribution in [0.4, 0.5) is 4.79 Å². The Kier molecular flexibility index (Phi) is 9.41. The molecule has 4 aliphatic rings. The van der Waals surface area contributed by atoms with Crippen molar-refractivity contribution in [1.29, 1.82) is 0 Å². The van der Waals surface area contributed by atoms with Crippen LogP contribution in [0.2, 0.25) is 0 Å². The summed E-state index contributed by atoms with van der Waals surface area (Å²) in [5.41, 5.74) is 0.694. The van der Waals surface area contributed by atoms with Crippen LogP contribution in [-0.4, -0.2) is 67.3 Å². The van der Waals surface area contributed by atoms with Gasteiger partial charge in [0.1, 0.15) is 23.4 Å². The van der Waals surface area contributed by atoms with Gasteiger partial charge in [-0.15, -0.1) is 6.42 Å². The molecule has 2 saturated carbocycles. The monoisotopic (exact) mass is 528 g/mol. The maximum Gasteiger partial charge on any atom is 0.407 e. The van der Waals surface area contributed by atoms with Crippen LogP contribution in [0.15, 0.2) is 11.6 Å². The molecule has 2 saturated heterocycles. The van der Waals surface area contributed by atoms with Crippen molar-refractivity contribution in [1.82, 2.24) is 10.6 Å². The molecule has 2 N–H and O–H groups in total. The fourth-order valence-electron chi connectivity index (χ4n) is 6.09. The third-order valence-electron chi connectivity index (χ3n) is 8.14. The van der Waals surface area contributed by atoms with E-state index in [-0.39, 0.29) is 78.4 Å². The molecule has 9 heteroatoms. The molecule has 4 rings (SSSR count). The number of epoxide rings is 2. The molecule has 0 aromatic carbocycles. The molecule has 4 fully saturated rings. The number of ether oxygens (including phenoxy) is 4. The number of allylic oxidation sites excluding steroid dienone is 1. The molecule has 35 heavy (non-hydrogen) atoms. The number of nitrogens with one attached hydrogen (secondary N) is 2. The van der Waals surface area contributed by atoms with Crippen molar-refractivity contribution in [2.24, 2.45) is 5.92 Å². The van der Waals surface area contributed by atoms with Gasteiger partial charge in [-0.05, 0) is 65.7 Å². The van der Waals surface area contributed by atoms with E-state index in [4.69, 9.17) is 18.9 Å². The number of carbonyl (C=O) groups excluding carboxylic acids is 2. The summed E-state index contributed by atoms with van der Waals surface area (Å²) in [6.07, 6.45) is 7.27. The fourth-order valence-corrected chi connectivity index (χ4v) is 6.09. The van der Waals surface area contributed by atoms with Crippen molar-refractivity contribution < 1.29 is 47.1 Å². The average Bonchev–Trinajstić information content (AvgIpc) is 3.72. The SMILES string of the molecule is [CH2-]CC(=O)NC1CCC(NC(=O)OC2CC[C@]3(CO3)C([C@@]3(C)O[C@@H]3CC=C(C)C)C2OC)CC1.[V]. The van der Waals surface area contributed by atoms with Gasteiger partial charge >= 0.3 is 6.09 Å². The summed E-state index contributed by atoms with van der Waals surface area (Å²) in [6, 6.07) is 0.213. The molecular formula is C26H41N2O6V-. The van der Waals surface area contributed by atoms with Crippen LogP contribution in [-0.2, 0) is 42.3 Å². The van der Waals surface area contributed by atoms with Crippen LogP contribution >= 0.6 is 0 Å². The normalized spacial score (nSPS) is 39.7. The Hall–Kier alpha value is -1.06. The molecule has 0 aromatic heterocycles. The quantitative estimate of drug-likeness (QED) is 0.284. The van der Waals surface area contributed by atoms with Crippen molar-refractivity contribution in [3.63, 3.8) is 0 Å². The first-order valence-corrected chi connectivity index (χ1v) is 12.7. The van der Waals surface area contributed by atoms with E-state index in [9.17, 15) is 9.59 Å². The minimum Gasteiger partial charge on any atom is -0.443 e. The molecule has 3 unspecified atom stereocenters. The van der Waals surface area contributed by atoms with Crippen molar-refractivity contribution in [2.45, 2.75) is 114 Å². The van der Waals surface area contributed by atoms with Gasteiger partial charge < -0.3 is 36.5 Å². The second kappa shape index (κ2) is 11.6. The number of hydrogen-bond acceptors (Lipinski definition) is 6. The predicted molar refractivity (Wildman–Crippen MR) is 127 cm³/mol. The van der Waals surface area contributed by atoms with Gasteiger partial charge in [0.15, 0.2) is 5.91 Å². The topological polar surface area (TPSA) is 102 Å². The molecule has 1 spiro atoms. The molecule has 2 aliphatic carbocycles. The molecule has 0 bridgehead atoms. The van der Waals surface area contributed by atoms with Gasteiger partial charge in [0, 0.05) is 37.7 Å². The zero-order valence-electron chi connectivity index (χ0n) is 21.5. The Morgan fingerprint density at radius 3 is 2.29 bits per heavy atom. The Balaban J connectivity index is 0.00000342. The number of alkyl carbamates (subject to hydrolysis) is 1. The van der Waals surface area contributed by atoms with Gasteiger partial charge in [0.2, 0.25) is 0 Å². The smallest absolute Gasteiger partial charge is 0.407 e. The Morgan fingerprint density at radius 2 is 1.74 bits per heavy atom. The molecule has 2 aliphatic heterocycles. The molecule has 2 amide bonds. The van der Waals surface area contributed by atoms with Crippen LogP contribution < -0.4 is 10.6 Å². The van der Waals surface area contributed by atoms with Crippen LogP contribution in [0, 0.1) is 12.8 Å². The zero-order valence-corrected chi connectivity index (χ0v) is 22.9. The van der Waals surface area contributed by atoms with E-state index in [1.807, 2.05) is 0 Å². The summed E-state index contributed by atoms with van der Waals surface area (Å²) >= 11 is 0. The van der Waals surface area contributed by atoms with E-state index < -0.39 is 6.09 Å². The van der Waals surface area contributed by atoms with E-state index in [0.29, 0.717) is 13.0 Å². The van der Waals surface area contributed by atoms with Crippen molar-refractivity contribution in [3.8, 4) is 0 Å².